The van der Waals surface area contributed by atoms with E-state index >= 15 is 0 Å². The van der Waals surface area contributed by atoms with E-state index in [1.54, 1.807) is 36.4 Å². The third-order valence-electron chi connectivity index (χ3n) is 5.33. The molecule has 0 radical (unpaired) electrons. The van der Waals surface area contributed by atoms with Gasteiger partial charge < -0.3 is 10.0 Å². The largest absolute Gasteiger partial charge is 0.502 e. The molecule has 3 aromatic rings. The third kappa shape index (κ3) is 4.01. The van der Waals surface area contributed by atoms with Crippen molar-refractivity contribution < 1.29 is 22.7 Å². The summed E-state index contributed by atoms with van der Waals surface area (Å²) in [4.78, 5) is 13.8. The number of aliphatic hydroxyl groups is 1. The van der Waals surface area contributed by atoms with E-state index < -0.39 is 38.3 Å². The number of nitrogens with zero attached hydrogens (tertiary/aromatic N) is 1. The van der Waals surface area contributed by atoms with E-state index in [1.165, 1.54) is 41.3 Å². The van der Waals surface area contributed by atoms with E-state index in [2.05, 4.69) is 0 Å². The van der Waals surface area contributed by atoms with Crippen molar-refractivity contribution in [3.05, 3.63) is 111 Å². The normalized spacial score (nSPS) is 16.7. The first-order valence-electron chi connectivity index (χ1n) is 9.74. The first-order chi connectivity index (χ1) is 15.2. The molecule has 32 heavy (non-hydrogen) atoms. The Morgan fingerprint density at radius 3 is 2.16 bits per heavy atom. The van der Waals surface area contributed by atoms with Gasteiger partial charge in [0, 0.05) is 11.6 Å². The maximum Gasteiger partial charge on any atom is 0.290 e. The molecule has 1 amide bonds. The van der Waals surface area contributed by atoms with Crippen LogP contribution in [0, 0.1) is 12.7 Å². The fourth-order valence-corrected chi connectivity index (χ4v) is 5.45. The molecule has 1 aliphatic rings. The summed E-state index contributed by atoms with van der Waals surface area (Å²) in [5.41, 5.74) is 1.92. The molecule has 164 valence electrons. The molecule has 1 atom stereocenters. The minimum absolute atomic E-state index is 0.0228. The summed E-state index contributed by atoms with van der Waals surface area (Å²) in [6, 6.07) is 16.9. The molecule has 0 aromatic heterocycles. The fraction of sp³-hybridized carbons (Fsp3) is 0.125. The summed E-state index contributed by atoms with van der Waals surface area (Å²) in [6.07, 6.45) is 0. The van der Waals surface area contributed by atoms with Gasteiger partial charge in [-0.2, -0.15) is 0 Å². The monoisotopic (exact) mass is 471 g/mol. The number of amides is 1. The van der Waals surface area contributed by atoms with Crippen molar-refractivity contribution in [2.45, 2.75) is 24.4 Å². The Bertz CT molecular complexity index is 1300. The molecule has 0 spiro atoms. The SMILES string of the molecule is Cc1ccc(S(=O)(=O)C2=C(O)C(=O)N(Cc3ccc(Cl)cc3)[C@H]2c2ccc(F)cc2)cc1. The number of benzene rings is 3. The van der Waals surface area contributed by atoms with Gasteiger partial charge in [0.2, 0.25) is 9.84 Å². The van der Waals surface area contributed by atoms with Crippen LogP contribution in [0.2, 0.25) is 5.02 Å². The molecule has 8 heteroatoms. The van der Waals surface area contributed by atoms with Crippen LogP contribution in [0.1, 0.15) is 22.7 Å². The van der Waals surface area contributed by atoms with Gasteiger partial charge in [-0.1, -0.05) is 53.6 Å². The number of aryl methyl sites for hydroxylation is 1. The zero-order valence-electron chi connectivity index (χ0n) is 17.0. The number of halogens is 2. The van der Waals surface area contributed by atoms with Gasteiger partial charge >= 0.3 is 0 Å². The molecule has 0 saturated carbocycles. The maximum absolute atomic E-state index is 13.6. The molecule has 0 saturated heterocycles. The van der Waals surface area contributed by atoms with Crippen LogP contribution in [0.3, 0.4) is 0 Å². The highest BCUT2D eigenvalue weighted by Crippen LogP contribution is 2.43. The van der Waals surface area contributed by atoms with Gasteiger partial charge in [-0.3, -0.25) is 4.79 Å². The van der Waals surface area contributed by atoms with Crippen molar-refractivity contribution >= 4 is 27.3 Å². The molecule has 3 aromatic carbocycles. The van der Waals surface area contributed by atoms with Crippen molar-refractivity contribution in [2.24, 2.45) is 0 Å². The zero-order chi connectivity index (χ0) is 23.0. The van der Waals surface area contributed by atoms with E-state index in [1.807, 2.05) is 6.92 Å². The Kier molecular flexibility index (Phi) is 5.79. The van der Waals surface area contributed by atoms with E-state index in [0.29, 0.717) is 16.1 Å². The molecule has 0 aliphatic carbocycles. The fourth-order valence-electron chi connectivity index (χ4n) is 3.67. The van der Waals surface area contributed by atoms with Crippen molar-refractivity contribution in [3.8, 4) is 0 Å². The smallest absolute Gasteiger partial charge is 0.290 e. The lowest BCUT2D eigenvalue weighted by Crippen LogP contribution is -2.30. The molecule has 1 N–H and O–H groups in total. The minimum atomic E-state index is -4.22. The van der Waals surface area contributed by atoms with Crippen molar-refractivity contribution in [1.29, 1.82) is 0 Å². The van der Waals surface area contributed by atoms with E-state index in [-0.39, 0.29) is 11.4 Å². The quantitative estimate of drug-likeness (QED) is 0.560. The molecular formula is C24H19ClFNO4S. The summed E-state index contributed by atoms with van der Waals surface area (Å²) in [6.45, 7) is 1.84. The van der Waals surface area contributed by atoms with Crippen LogP contribution in [0.15, 0.2) is 88.4 Å². The predicted molar refractivity (Wildman–Crippen MR) is 119 cm³/mol. The zero-order valence-corrected chi connectivity index (χ0v) is 18.6. The van der Waals surface area contributed by atoms with Crippen LogP contribution in [-0.2, 0) is 21.2 Å². The lowest BCUT2D eigenvalue weighted by atomic mass is 10.1. The van der Waals surface area contributed by atoms with E-state index in [0.717, 1.165) is 5.56 Å². The first kappa shape index (κ1) is 22.0. The van der Waals surface area contributed by atoms with Crippen molar-refractivity contribution in [2.75, 3.05) is 0 Å². The third-order valence-corrected chi connectivity index (χ3v) is 7.47. The molecule has 4 rings (SSSR count). The van der Waals surface area contributed by atoms with Gasteiger partial charge in [0.1, 0.15) is 10.7 Å². The number of rotatable bonds is 5. The van der Waals surface area contributed by atoms with Gasteiger partial charge in [0.25, 0.3) is 5.91 Å². The van der Waals surface area contributed by atoms with Crippen molar-refractivity contribution in [1.82, 2.24) is 4.90 Å². The number of sulfone groups is 1. The number of hydrogen-bond donors (Lipinski definition) is 1. The molecule has 1 heterocycles. The molecule has 5 nitrogen and oxygen atoms in total. The molecule has 0 fully saturated rings. The molecular weight excluding hydrogens is 453 g/mol. The number of hydrogen-bond acceptors (Lipinski definition) is 4. The van der Waals surface area contributed by atoms with Gasteiger partial charge in [-0.25, -0.2) is 12.8 Å². The second kappa shape index (κ2) is 8.41. The highest BCUT2D eigenvalue weighted by atomic mass is 35.5. The topological polar surface area (TPSA) is 74.7 Å². The Morgan fingerprint density at radius 2 is 1.56 bits per heavy atom. The van der Waals surface area contributed by atoms with Gasteiger partial charge in [-0.15, -0.1) is 0 Å². The van der Waals surface area contributed by atoms with Crippen LogP contribution in [0.25, 0.3) is 0 Å². The minimum Gasteiger partial charge on any atom is -0.502 e. The summed E-state index contributed by atoms with van der Waals surface area (Å²) in [7, 11) is -4.22. The Balaban J connectivity index is 1.84. The molecule has 1 aliphatic heterocycles. The average molecular weight is 472 g/mol. The highest BCUT2D eigenvalue weighted by Gasteiger charge is 2.46. The van der Waals surface area contributed by atoms with Crippen LogP contribution in [0.5, 0.6) is 0 Å². The lowest BCUT2D eigenvalue weighted by Gasteiger charge is -2.27. The van der Waals surface area contributed by atoms with E-state index in [9.17, 15) is 22.7 Å². The van der Waals surface area contributed by atoms with Gasteiger partial charge in [0.05, 0.1) is 10.9 Å². The molecule has 0 bridgehead atoms. The van der Waals surface area contributed by atoms with Crippen LogP contribution < -0.4 is 0 Å². The van der Waals surface area contributed by atoms with Crippen LogP contribution in [-0.4, -0.2) is 24.3 Å². The van der Waals surface area contributed by atoms with Gasteiger partial charge in [-0.05, 0) is 54.4 Å². The number of carbonyl (C=O) groups is 1. The Hall–Kier alpha value is -3.16. The second-order valence-electron chi connectivity index (χ2n) is 7.54. The number of carbonyl (C=O) groups excluding carboxylic acids is 1. The first-order valence-corrected chi connectivity index (χ1v) is 11.6. The lowest BCUT2D eigenvalue weighted by molar-refractivity contribution is -0.130. The maximum atomic E-state index is 13.6. The van der Waals surface area contributed by atoms with E-state index in [4.69, 9.17) is 11.6 Å². The summed E-state index contributed by atoms with van der Waals surface area (Å²) < 4.78 is 40.6. The summed E-state index contributed by atoms with van der Waals surface area (Å²) in [5, 5.41) is 11.2. The van der Waals surface area contributed by atoms with Gasteiger partial charge in [0.15, 0.2) is 5.76 Å². The summed E-state index contributed by atoms with van der Waals surface area (Å²) >= 11 is 5.94. The van der Waals surface area contributed by atoms with Crippen LogP contribution >= 0.6 is 11.6 Å². The number of aliphatic hydroxyl groups excluding tert-OH is 1. The highest BCUT2D eigenvalue weighted by molar-refractivity contribution is 7.95. The summed E-state index contributed by atoms with van der Waals surface area (Å²) in [5.74, 6) is -2.16. The van der Waals surface area contributed by atoms with Crippen molar-refractivity contribution in [3.63, 3.8) is 0 Å². The second-order valence-corrected chi connectivity index (χ2v) is 9.90. The Labute approximate surface area is 190 Å². The predicted octanol–water partition coefficient (Wildman–Crippen LogP) is 5.11. The standard InChI is InChI=1S/C24H19ClFNO4S/c1-15-2-12-20(13-3-15)32(30,31)23-21(17-6-10-19(26)11-7-17)27(24(29)22(23)28)14-16-4-8-18(25)9-5-16/h2-13,21,28H,14H2,1H3/t21-/m0/s1. The van der Waals surface area contributed by atoms with Crippen LogP contribution in [0.4, 0.5) is 4.39 Å². The molecule has 0 unspecified atom stereocenters. The Morgan fingerprint density at radius 1 is 0.969 bits per heavy atom. The average Bonchev–Trinajstić information content (AvgIpc) is 3.01.